The lowest BCUT2D eigenvalue weighted by Gasteiger charge is -2.39. The fourth-order valence-electron chi connectivity index (χ4n) is 6.94. The van der Waals surface area contributed by atoms with Gasteiger partial charge in [-0.2, -0.15) is 4.31 Å². The fourth-order valence-corrected chi connectivity index (χ4v) is 8.47. The van der Waals surface area contributed by atoms with Gasteiger partial charge in [0.05, 0.1) is 30.3 Å². The molecule has 3 heterocycles. The number of sulfonamides is 1. The van der Waals surface area contributed by atoms with Crippen molar-refractivity contribution in [3.05, 3.63) is 60.2 Å². The van der Waals surface area contributed by atoms with Gasteiger partial charge in [-0.25, -0.2) is 13.2 Å². The summed E-state index contributed by atoms with van der Waals surface area (Å²) in [6.45, 7) is 2.57. The number of carbonyl (C=O) groups is 1. The van der Waals surface area contributed by atoms with E-state index in [9.17, 15) is 18.3 Å². The minimum absolute atomic E-state index is 0.0897. The predicted octanol–water partition coefficient (Wildman–Crippen LogP) is 1.53. The molecule has 6 rings (SSSR count). The van der Waals surface area contributed by atoms with Crippen molar-refractivity contribution in [2.45, 2.75) is 42.3 Å². The van der Waals surface area contributed by atoms with E-state index >= 15 is 0 Å². The molecular formula is C30H40N4O7S. The highest BCUT2D eigenvalue weighted by atomic mass is 32.2. The Hall–Kier alpha value is -2.74. The number of ether oxygens (including phenoxy) is 3. The molecule has 2 bridgehead atoms. The molecule has 42 heavy (non-hydrogen) atoms. The molecule has 1 aliphatic carbocycles. The number of alkyl carbamates (subject to hydrolysis) is 1. The van der Waals surface area contributed by atoms with Crippen molar-refractivity contribution in [3.8, 4) is 0 Å². The smallest absolute Gasteiger partial charge is 0.407 e. The number of likely N-dealkylation sites (tertiary alicyclic amines) is 1. The van der Waals surface area contributed by atoms with E-state index in [0.29, 0.717) is 25.3 Å². The molecule has 3 saturated heterocycles. The Morgan fingerprint density at radius 2 is 1.83 bits per heavy atom. The third kappa shape index (κ3) is 6.15. The summed E-state index contributed by atoms with van der Waals surface area (Å²) < 4.78 is 46.4. The molecule has 2 aromatic carbocycles. The molecule has 0 spiro atoms. The summed E-state index contributed by atoms with van der Waals surface area (Å²) in [6, 6.07) is 14.8. The van der Waals surface area contributed by atoms with E-state index in [-0.39, 0.29) is 54.1 Å². The van der Waals surface area contributed by atoms with Crippen LogP contribution < -0.4 is 11.1 Å². The van der Waals surface area contributed by atoms with Crippen molar-refractivity contribution in [2.24, 2.45) is 23.7 Å². The highest BCUT2D eigenvalue weighted by Crippen LogP contribution is 2.49. The second-order valence-corrected chi connectivity index (χ2v) is 14.2. The maximum absolute atomic E-state index is 13.8. The largest absolute Gasteiger partial charge is 0.445 e. The molecule has 2 aromatic rings. The van der Waals surface area contributed by atoms with E-state index in [0.717, 1.165) is 25.1 Å². The van der Waals surface area contributed by atoms with Crippen LogP contribution in [0.15, 0.2) is 59.5 Å². The first-order valence-electron chi connectivity index (χ1n) is 14.6. The van der Waals surface area contributed by atoms with Gasteiger partial charge in [-0.3, -0.25) is 0 Å². The number of aliphatic hydroxyl groups is 1. The molecule has 12 heteroatoms. The van der Waals surface area contributed by atoms with Crippen LogP contribution in [0.3, 0.4) is 0 Å². The number of nitrogen functional groups attached to an aromatic ring is 1. The average molecular weight is 601 g/mol. The van der Waals surface area contributed by atoms with Crippen LogP contribution in [0.25, 0.3) is 0 Å². The molecule has 3 aliphatic heterocycles. The quantitative estimate of drug-likeness (QED) is 0.327. The summed E-state index contributed by atoms with van der Waals surface area (Å²) in [5.41, 5.74) is 7.16. The Morgan fingerprint density at radius 1 is 1.12 bits per heavy atom. The van der Waals surface area contributed by atoms with Crippen molar-refractivity contribution < 1.29 is 32.5 Å². The molecule has 0 radical (unpaired) electrons. The normalized spacial score (nSPS) is 28.8. The number of fused-ring (bicyclic) bond motifs is 1. The summed E-state index contributed by atoms with van der Waals surface area (Å²) in [6.07, 6.45) is -1.19. The van der Waals surface area contributed by atoms with Gasteiger partial charge in [0.2, 0.25) is 10.0 Å². The van der Waals surface area contributed by atoms with E-state index in [4.69, 9.17) is 19.9 Å². The second kappa shape index (κ2) is 12.1. The highest BCUT2D eigenvalue weighted by molar-refractivity contribution is 7.89. The van der Waals surface area contributed by atoms with Gasteiger partial charge in [-0.05, 0) is 55.6 Å². The summed E-state index contributed by atoms with van der Waals surface area (Å²) in [5, 5.41) is 14.5. The van der Waals surface area contributed by atoms with Gasteiger partial charge in [0.1, 0.15) is 6.10 Å². The van der Waals surface area contributed by atoms with Crippen molar-refractivity contribution in [2.75, 3.05) is 52.2 Å². The Balaban J connectivity index is 1.19. The van der Waals surface area contributed by atoms with Gasteiger partial charge >= 0.3 is 6.09 Å². The minimum atomic E-state index is -3.94. The van der Waals surface area contributed by atoms with Crippen molar-refractivity contribution in [1.29, 1.82) is 0 Å². The molecule has 1 saturated carbocycles. The number of rotatable bonds is 11. The topological polar surface area (TPSA) is 144 Å². The van der Waals surface area contributed by atoms with Crippen LogP contribution in [0.1, 0.15) is 12.0 Å². The number of carbonyl (C=O) groups excluding carboxylic acids is 1. The SMILES string of the molecule is CN1CC(CN(C[C@@H](O)[C@H](Cc2ccccc2)NC(=O)OC2C3COC4OCC2C4C3)S(=O)(=O)c2ccc(N)cc2)C1. The zero-order valence-corrected chi connectivity index (χ0v) is 24.6. The molecule has 4 aliphatic rings. The van der Waals surface area contributed by atoms with Crippen LogP contribution in [-0.2, 0) is 30.7 Å². The summed E-state index contributed by atoms with van der Waals surface area (Å²) in [4.78, 5) is 15.5. The molecule has 4 N–H and O–H groups in total. The minimum Gasteiger partial charge on any atom is -0.445 e. The fraction of sp³-hybridized carbons (Fsp3) is 0.567. The van der Waals surface area contributed by atoms with Crippen LogP contribution in [0.2, 0.25) is 0 Å². The number of hydrogen-bond donors (Lipinski definition) is 3. The number of amides is 1. The number of anilines is 1. The third-order valence-electron chi connectivity index (χ3n) is 9.11. The van der Waals surface area contributed by atoms with Gasteiger partial charge in [-0.1, -0.05) is 30.3 Å². The number of nitrogens with zero attached hydrogens (tertiary/aromatic N) is 2. The summed E-state index contributed by atoms with van der Waals surface area (Å²) in [5.74, 6) is 0.569. The number of nitrogens with two attached hydrogens (primary N) is 1. The second-order valence-electron chi connectivity index (χ2n) is 12.2. The van der Waals surface area contributed by atoms with Crippen LogP contribution >= 0.6 is 0 Å². The maximum atomic E-state index is 13.8. The number of nitrogens with one attached hydrogen (secondary N) is 1. The van der Waals surface area contributed by atoms with Crippen molar-refractivity contribution in [3.63, 3.8) is 0 Å². The average Bonchev–Trinajstić information content (AvgIpc) is 3.48. The van der Waals surface area contributed by atoms with Crippen LogP contribution in [-0.4, -0.2) is 99.8 Å². The van der Waals surface area contributed by atoms with E-state index in [1.54, 1.807) is 12.1 Å². The number of benzene rings is 2. The summed E-state index contributed by atoms with van der Waals surface area (Å²) in [7, 11) is -1.96. The molecule has 7 atom stereocenters. The van der Waals surface area contributed by atoms with Crippen molar-refractivity contribution >= 4 is 21.8 Å². The lowest BCUT2D eigenvalue weighted by Crippen LogP contribution is -2.54. The highest BCUT2D eigenvalue weighted by Gasteiger charge is 2.56. The van der Waals surface area contributed by atoms with Crippen LogP contribution in [0.5, 0.6) is 0 Å². The standard InChI is InChI=1S/C30H40N4O7S/c1-33-13-20(14-33)15-34(42(37,38)23-9-7-22(31)8-10-23)16-27(35)26(11-19-5-3-2-4-6-19)32-30(36)41-28-21-12-24-25(28)18-40-29(24)39-17-21/h2-10,20-21,24-29,35H,11-18,31H2,1H3,(H,32,36)/t21?,24?,25?,26-,27+,28?,29?/m0/s1. The van der Waals surface area contributed by atoms with E-state index in [1.165, 1.54) is 16.4 Å². The molecule has 4 fully saturated rings. The lowest BCUT2D eigenvalue weighted by molar-refractivity contribution is -0.169. The molecule has 228 valence electrons. The van der Waals surface area contributed by atoms with Gasteiger partial charge in [0, 0.05) is 49.6 Å². The Bertz CT molecular complexity index is 1340. The summed E-state index contributed by atoms with van der Waals surface area (Å²) >= 11 is 0. The number of aliphatic hydroxyl groups excluding tert-OH is 1. The van der Waals surface area contributed by atoms with E-state index in [2.05, 4.69) is 10.2 Å². The molecular weight excluding hydrogens is 560 g/mol. The molecule has 1 amide bonds. The predicted molar refractivity (Wildman–Crippen MR) is 155 cm³/mol. The first kappa shape index (κ1) is 29.3. The monoisotopic (exact) mass is 600 g/mol. The van der Waals surface area contributed by atoms with Gasteiger partial charge in [0.15, 0.2) is 6.29 Å². The van der Waals surface area contributed by atoms with Crippen LogP contribution in [0, 0.1) is 23.7 Å². The van der Waals surface area contributed by atoms with Gasteiger partial charge < -0.3 is 35.3 Å². The van der Waals surface area contributed by atoms with Gasteiger partial charge in [0.25, 0.3) is 0 Å². The van der Waals surface area contributed by atoms with Crippen LogP contribution in [0.4, 0.5) is 10.5 Å². The molecule has 0 aromatic heterocycles. The third-order valence-corrected chi connectivity index (χ3v) is 11.0. The Kier molecular flexibility index (Phi) is 8.45. The first-order chi connectivity index (χ1) is 20.2. The molecule has 5 unspecified atom stereocenters. The lowest BCUT2D eigenvalue weighted by atomic mass is 9.98. The van der Waals surface area contributed by atoms with Crippen molar-refractivity contribution in [1.82, 2.24) is 14.5 Å². The Labute approximate surface area is 247 Å². The molecule has 11 nitrogen and oxygen atoms in total. The Morgan fingerprint density at radius 3 is 2.55 bits per heavy atom. The zero-order chi connectivity index (χ0) is 29.4. The van der Waals surface area contributed by atoms with E-state index < -0.39 is 28.3 Å². The van der Waals surface area contributed by atoms with Gasteiger partial charge in [-0.15, -0.1) is 0 Å². The zero-order valence-electron chi connectivity index (χ0n) is 23.7. The maximum Gasteiger partial charge on any atom is 0.407 e. The number of hydrogen-bond acceptors (Lipinski definition) is 9. The first-order valence-corrected chi connectivity index (χ1v) is 16.1. The van der Waals surface area contributed by atoms with E-state index in [1.807, 2.05) is 37.4 Å².